The molecule has 0 unspecified atom stereocenters. The first-order valence-electron chi connectivity index (χ1n) is 9.67. The summed E-state index contributed by atoms with van der Waals surface area (Å²) < 4.78 is 1.96. The van der Waals surface area contributed by atoms with Gasteiger partial charge in [-0.2, -0.15) is 0 Å². The maximum Gasteiger partial charge on any atom is 0.225 e. The highest BCUT2D eigenvalue weighted by Gasteiger charge is 2.21. The van der Waals surface area contributed by atoms with Crippen LogP contribution >= 0.6 is 24.0 Å². The van der Waals surface area contributed by atoms with Crippen molar-refractivity contribution in [1.29, 1.82) is 0 Å². The Morgan fingerprint density at radius 1 is 1.03 bits per heavy atom. The zero-order valence-corrected chi connectivity index (χ0v) is 19.5. The van der Waals surface area contributed by atoms with Gasteiger partial charge in [-0.1, -0.05) is 6.07 Å². The predicted molar refractivity (Wildman–Crippen MR) is 128 cm³/mol. The molecule has 0 amide bonds. The molecule has 9 nitrogen and oxygen atoms in total. The van der Waals surface area contributed by atoms with Crippen LogP contribution in [0.4, 0.5) is 5.95 Å². The third kappa shape index (κ3) is 5.04. The fourth-order valence-electron chi connectivity index (χ4n) is 3.37. The number of nitrogens with one attached hydrogen (secondary N) is 1. The van der Waals surface area contributed by atoms with Crippen LogP contribution in [0.25, 0.3) is 5.82 Å². The normalized spacial score (nSPS) is 14.4. The third-order valence-corrected chi connectivity index (χ3v) is 4.96. The number of anilines is 1. The molecular weight excluding hydrogens is 493 g/mol. The van der Waals surface area contributed by atoms with Crippen molar-refractivity contribution in [2.45, 2.75) is 13.5 Å². The lowest BCUT2D eigenvalue weighted by Crippen LogP contribution is -2.52. The Hall–Kier alpha value is -2.76. The summed E-state index contributed by atoms with van der Waals surface area (Å²) in [5, 5.41) is 3.44. The van der Waals surface area contributed by atoms with Crippen LogP contribution in [0.3, 0.4) is 0 Å². The molecule has 1 saturated heterocycles. The first-order chi connectivity index (χ1) is 14.2. The molecule has 3 aromatic rings. The molecule has 0 aliphatic carbocycles. The van der Waals surface area contributed by atoms with Gasteiger partial charge in [-0.15, -0.1) is 24.0 Å². The molecule has 1 aliphatic heterocycles. The summed E-state index contributed by atoms with van der Waals surface area (Å²) in [4.78, 5) is 26.4. The summed E-state index contributed by atoms with van der Waals surface area (Å²) in [7, 11) is 1.82. The fraction of sp³-hybridized carbons (Fsp3) is 0.350. The van der Waals surface area contributed by atoms with Gasteiger partial charge in [0.1, 0.15) is 11.6 Å². The molecule has 0 aromatic carbocycles. The average molecular weight is 519 g/mol. The molecule has 1 fully saturated rings. The molecule has 158 valence electrons. The van der Waals surface area contributed by atoms with Crippen molar-refractivity contribution in [3.63, 3.8) is 0 Å². The van der Waals surface area contributed by atoms with Gasteiger partial charge >= 0.3 is 0 Å². The second-order valence-corrected chi connectivity index (χ2v) is 6.79. The number of hydrogen-bond donors (Lipinski definition) is 1. The van der Waals surface area contributed by atoms with Gasteiger partial charge in [0.25, 0.3) is 0 Å². The summed E-state index contributed by atoms with van der Waals surface area (Å²) in [6.07, 6.45) is 9.14. The van der Waals surface area contributed by atoms with E-state index in [9.17, 15) is 0 Å². The van der Waals surface area contributed by atoms with Crippen LogP contribution in [0.5, 0.6) is 0 Å². The highest BCUT2D eigenvalue weighted by molar-refractivity contribution is 14.0. The number of halogens is 1. The van der Waals surface area contributed by atoms with Crippen molar-refractivity contribution in [3.8, 4) is 5.82 Å². The number of aryl methyl sites for hydroxylation is 1. The minimum absolute atomic E-state index is 0. The lowest BCUT2D eigenvalue weighted by atomic mass is 10.2. The Balaban J connectivity index is 0.00000256. The van der Waals surface area contributed by atoms with Crippen molar-refractivity contribution in [2.75, 3.05) is 38.1 Å². The molecule has 0 atom stereocenters. The average Bonchev–Trinajstić information content (AvgIpc) is 3.21. The van der Waals surface area contributed by atoms with Crippen LogP contribution in [0, 0.1) is 6.92 Å². The largest absolute Gasteiger partial charge is 0.352 e. The highest BCUT2D eigenvalue weighted by atomic mass is 127. The van der Waals surface area contributed by atoms with Gasteiger partial charge in [-0.3, -0.25) is 9.56 Å². The van der Waals surface area contributed by atoms with Gasteiger partial charge in [0.05, 0.1) is 0 Å². The maximum atomic E-state index is 4.55. The second kappa shape index (κ2) is 10.3. The number of imidazole rings is 1. The van der Waals surface area contributed by atoms with Crippen LogP contribution < -0.4 is 10.2 Å². The number of aromatic nitrogens is 5. The molecule has 30 heavy (non-hydrogen) atoms. The summed E-state index contributed by atoms with van der Waals surface area (Å²) in [6, 6.07) is 5.92. The van der Waals surface area contributed by atoms with E-state index >= 15 is 0 Å². The van der Waals surface area contributed by atoms with Crippen LogP contribution in [-0.2, 0) is 6.54 Å². The number of hydrogen-bond acceptors (Lipinski definition) is 6. The number of rotatable bonds is 4. The zero-order chi connectivity index (χ0) is 20.1. The molecule has 10 heteroatoms. The van der Waals surface area contributed by atoms with E-state index in [0.29, 0.717) is 6.54 Å². The standard InChI is InChI=1S/C20H25N9.HI/c1-16-22-8-9-29(16)18-5-4-17(14-25-18)15-26-19(21-2)27-10-12-28(13-11-27)20-23-6-3-7-24-20;/h3-9,14H,10-13,15H2,1-2H3,(H,21,26);1H. The molecule has 3 aromatic heterocycles. The molecule has 4 rings (SSSR count). The van der Waals surface area contributed by atoms with Crippen molar-refractivity contribution in [1.82, 2.24) is 34.7 Å². The van der Waals surface area contributed by atoms with Gasteiger partial charge in [0.2, 0.25) is 5.95 Å². The van der Waals surface area contributed by atoms with E-state index in [2.05, 4.69) is 46.1 Å². The monoisotopic (exact) mass is 519 g/mol. The molecule has 0 saturated carbocycles. The van der Waals surface area contributed by atoms with Crippen LogP contribution in [0.2, 0.25) is 0 Å². The maximum absolute atomic E-state index is 4.55. The van der Waals surface area contributed by atoms with E-state index in [0.717, 1.165) is 55.3 Å². The SMILES string of the molecule is CN=C(NCc1ccc(-n2ccnc2C)nc1)N1CCN(c2ncccn2)CC1.I. The third-order valence-electron chi connectivity index (χ3n) is 4.96. The summed E-state index contributed by atoms with van der Waals surface area (Å²) >= 11 is 0. The van der Waals surface area contributed by atoms with E-state index in [1.807, 2.05) is 43.1 Å². The smallest absolute Gasteiger partial charge is 0.225 e. The van der Waals surface area contributed by atoms with E-state index in [4.69, 9.17) is 0 Å². The van der Waals surface area contributed by atoms with E-state index in [1.165, 1.54) is 0 Å². The van der Waals surface area contributed by atoms with Gasteiger partial charge < -0.3 is 15.1 Å². The Morgan fingerprint density at radius 2 is 1.80 bits per heavy atom. The van der Waals surface area contributed by atoms with Gasteiger partial charge in [-0.05, 0) is 24.6 Å². The van der Waals surface area contributed by atoms with E-state index in [1.54, 1.807) is 18.6 Å². The second-order valence-electron chi connectivity index (χ2n) is 6.79. The number of pyridine rings is 1. The molecule has 4 heterocycles. The minimum atomic E-state index is 0. The molecular formula is C20H26IN9. The van der Waals surface area contributed by atoms with E-state index < -0.39 is 0 Å². The first kappa shape index (κ1) is 21.9. The number of nitrogens with zero attached hydrogens (tertiary/aromatic N) is 8. The first-order valence-corrected chi connectivity index (χ1v) is 9.67. The Bertz CT molecular complexity index is 948. The summed E-state index contributed by atoms with van der Waals surface area (Å²) in [5.41, 5.74) is 1.10. The molecule has 1 N–H and O–H groups in total. The van der Waals surface area contributed by atoms with Crippen molar-refractivity contribution >= 4 is 35.9 Å². The minimum Gasteiger partial charge on any atom is -0.352 e. The molecule has 1 aliphatic rings. The Kier molecular flexibility index (Phi) is 7.55. The lowest BCUT2D eigenvalue weighted by Gasteiger charge is -2.36. The zero-order valence-electron chi connectivity index (χ0n) is 17.1. The van der Waals surface area contributed by atoms with Gasteiger partial charge in [-0.25, -0.2) is 19.9 Å². The predicted octanol–water partition coefficient (Wildman–Crippen LogP) is 1.88. The number of piperazine rings is 1. The Labute approximate surface area is 193 Å². The highest BCUT2D eigenvalue weighted by Crippen LogP contribution is 2.11. The van der Waals surface area contributed by atoms with Crippen LogP contribution in [0.1, 0.15) is 11.4 Å². The molecule has 0 radical (unpaired) electrons. The van der Waals surface area contributed by atoms with Crippen molar-refractivity contribution < 1.29 is 0 Å². The molecule has 0 bridgehead atoms. The van der Waals surface area contributed by atoms with Crippen LogP contribution in [-0.4, -0.2) is 68.6 Å². The van der Waals surface area contributed by atoms with Crippen LogP contribution in [0.15, 0.2) is 54.2 Å². The van der Waals surface area contributed by atoms with Crippen molar-refractivity contribution in [3.05, 3.63) is 60.6 Å². The fourth-order valence-corrected chi connectivity index (χ4v) is 3.37. The summed E-state index contributed by atoms with van der Waals surface area (Å²) in [6.45, 7) is 6.11. The lowest BCUT2D eigenvalue weighted by molar-refractivity contribution is 0.370. The van der Waals surface area contributed by atoms with E-state index in [-0.39, 0.29) is 24.0 Å². The topological polar surface area (TPSA) is 87.4 Å². The number of guanidine groups is 1. The summed E-state index contributed by atoms with van der Waals surface area (Å²) in [5.74, 6) is 3.47. The van der Waals surface area contributed by atoms with Crippen molar-refractivity contribution in [2.24, 2.45) is 4.99 Å². The Morgan fingerprint density at radius 3 is 2.40 bits per heavy atom. The quantitative estimate of drug-likeness (QED) is 0.320. The number of aliphatic imine (C=N–C) groups is 1. The van der Waals surface area contributed by atoms with Gasteiger partial charge in [0, 0.05) is 70.8 Å². The molecule has 0 spiro atoms. The van der Waals surface area contributed by atoms with Gasteiger partial charge in [0.15, 0.2) is 5.96 Å².